The minimum atomic E-state index is -1.12. The molecule has 1 atom stereocenters. The molecule has 4 rings (SSSR count). The summed E-state index contributed by atoms with van der Waals surface area (Å²) < 4.78 is 5.62. The van der Waals surface area contributed by atoms with E-state index in [4.69, 9.17) is 4.74 Å². The number of hydrogen-bond acceptors (Lipinski definition) is 5. The Hall–Kier alpha value is -2.89. The van der Waals surface area contributed by atoms with E-state index in [2.05, 4.69) is 20.6 Å². The third kappa shape index (κ3) is 1.84. The maximum Gasteiger partial charge on any atom is 0.277 e. The molecule has 0 bridgehead atoms. The molecule has 1 spiro atoms. The van der Waals surface area contributed by atoms with E-state index in [1.165, 1.54) is 0 Å². The molecule has 1 aromatic carbocycles. The van der Waals surface area contributed by atoms with E-state index in [0.717, 1.165) is 11.3 Å². The lowest BCUT2D eigenvalue weighted by atomic mass is 10.1. The number of ether oxygens (including phenoxy) is 1. The summed E-state index contributed by atoms with van der Waals surface area (Å²) in [5.74, 6) is 0.710. The van der Waals surface area contributed by atoms with Crippen LogP contribution in [0.2, 0.25) is 0 Å². The lowest BCUT2D eigenvalue weighted by Gasteiger charge is -2.30. The number of aromatic nitrogens is 1. The summed E-state index contributed by atoms with van der Waals surface area (Å²) in [6, 6.07) is 13.2. The number of anilines is 2. The molecule has 21 heavy (non-hydrogen) atoms. The van der Waals surface area contributed by atoms with Crippen LogP contribution in [0.15, 0.2) is 53.7 Å². The van der Waals surface area contributed by atoms with Crippen molar-refractivity contribution in [1.29, 1.82) is 0 Å². The van der Waals surface area contributed by atoms with E-state index in [0.29, 0.717) is 11.7 Å². The molecule has 0 aliphatic carbocycles. The first-order valence-corrected chi connectivity index (χ1v) is 6.60. The number of nitrogens with one attached hydrogen (secondary N) is 2. The Balaban J connectivity index is 1.73. The number of benzene rings is 1. The van der Waals surface area contributed by atoms with Crippen LogP contribution in [-0.2, 0) is 9.53 Å². The zero-order valence-electron chi connectivity index (χ0n) is 11.0. The molecule has 6 heteroatoms. The lowest BCUT2D eigenvalue weighted by molar-refractivity contribution is -0.120. The van der Waals surface area contributed by atoms with Gasteiger partial charge in [0.1, 0.15) is 6.61 Å². The van der Waals surface area contributed by atoms with Gasteiger partial charge in [-0.05, 0) is 24.3 Å². The van der Waals surface area contributed by atoms with Crippen LogP contribution in [0.1, 0.15) is 5.56 Å². The van der Waals surface area contributed by atoms with Crippen LogP contribution in [-0.4, -0.2) is 29.1 Å². The van der Waals surface area contributed by atoms with Gasteiger partial charge in [0.05, 0.1) is 5.69 Å². The molecule has 3 heterocycles. The minimum Gasteiger partial charge on any atom is -0.472 e. The van der Waals surface area contributed by atoms with Gasteiger partial charge in [0.2, 0.25) is 11.6 Å². The minimum absolute atomic E-state index is 0.150. The molecule has 6 nitrogen and oxygen atoms in total. The van der Waals surface area contributed by atoms with E-state index in [1.54, 1.807) is 12.3 Å². The van der Waals surface area contributed by atoms with Gasteiger partial charge in [-0.25, -0.2) is 9.98 Å². The van der Waals surface area contributed by atoms with Crippen molar-refractivity contribution < 1.29 is 9.53 Å². The van der Waals surface area contributed by atoms with Gasteiger partial charge in [0.25, 0.3) is 5.91 Å². The van der Waals surface area contributed by atoms with Gasteiger partial charge in [-0.1, -0.05) is 18.2 Å². The standard InChI is InChI=1S/C15H12N4O2/c20-14-15(18-11-7-4-8-16-12(11)17-14)9-21-13(19-15)10-5-2-1-3-6-10/h1-8,18H,9H2,(H,16,17,20). The van der Waals surface area contributed by atoms with Gasteiger partial charge in [-0.2, -0.15) is 0 Å². The number of rotatable bonds is 1. The average molecular weight is 280 g/mol. The molecule has 0 radical (unpaired) electrons. The normalized spacial score (nSPS) is 22.9. The fourth-order valence-corrected chi connectivity index (χ4v) is 2.42. The molecule has 2 aromatic rings. The predicted octanol–water partition coefficient (Wildman–Crippen LogP) is 1.62. The highest BCUT2D eigenvalue weighted by molar-refractivity contribution is 6.08. The number of aliphatic imine (C=N–C) groups is 1. The monoisotopic (exact) mass is 280 g/mol. The molecule has 0 saturated heterocycles. The fraction of sp³-hybridized carbons (Fsp3) is 0.133. The summed E-state index contributed by atoms with van der Waals surface area (Å²) in [5, 5.41) is 5.90. The molecule has 2 aliphatic rings. The quantitative estimate of drug-likeness (QED) is 0.832. The maximum absolute atomic E-state index is 12.4. The van der Waals surface area contributed by atoms with E-state index in [9.17, 15) is 4.79 Å². The molecule has 2 aliphatic heterocycles. The Labute approximate surface area is 120 Å². The van der Waals surface area contributed by atoms with Crippen molar-refractivity contribution in [1.82, 2.24) is 4.98 Å². The Morgan fingerprint density at radius 2 is 2.00 bits per heavy atom. The van der Waals surface area contributed by atoms with Crippen LogP contribution in [0.25, 0.3) is 0 Å². The molecule has 104 valence electrons. The van der Waals surface area contributed by atoms with Gasteiger partial charge in [0.15, 0.2) is 5.82 Å². The molecular formula is C15H12N4O2. The topological polar surface area (TPSA) is 75.6 Å². The lowest BCUT2D eigenvalue weighted by Crippen LogP contribution is -2.52. The van der Waals surface area contributed by atoms with Gasteiger partial charge in [0, 0.05) is 11.8 Å². The molecule has 0 fully saturated rings. The van der Waals surface area contributed by atoms with Crippen molar-refractivity contribution in [3.05, 3.63) is 54.2 Å². The molecular weight excluding hydrogens is 268 g/mol. The van der Waals surface area contributed by atoms with Crippen LogP contribution in [0.4, 0.5) is 11.5 Å². The molecule has 1 amide bonds. The number of nitrogens with zero attached hydrogens (tertiary/aromatic N) is 2. The summed E-state index contributed by atoms with van der Waals surface area (Å²) in [6.07, 6.45) is 1.63. The number of fused-ring (bicyclic) bond motifs is 1. The number of carbonyl (C=O) groups is 1. The number of carbonyl (C=O) groups excluding carboxylic acids is 1. The van der Waals surface area contributed by atoms with Crippen LogP contribution >= 0.6 is 0 Å². The second kappa shape index (κ2) is 4.31. The van der Waals surface area contributed by atoms with Crippen LogP contribution in [0.3, 0.4) is 0 Å². The van der Waals surface area contributed by atoms with Crippen molar-refractivity contribution in [2.45, 2.75) is 5.66 Å². The molecule has 2 N–H and O–H groups in total. The molecule has 1 unspecified atom stereocenters. The Morgan fingerprint density at radius 1 is 1.14 bits per heavy atom. The highest BCUT2D eigenvalue weighted by atomic mass is 16.5. The van der Waals surface area contributed by atoms with Gasteiger partial charge in [-0.3, -0.25) is 4.79 Å². The van der Waals surface area contributed by atoms with E-state index < -0.39 is 5.66 Å². The summed E-state index contributed by atoms with van der Waals surface area (Å²) >= 11 is 0. The largest absolute Gasteiger partial charge is 0.472 e. The van der Waals surface area contributed by atoms with Crippen molar-refractivity contribution in [2.75, 3.05) is 17.2 Å². The van der Waals surface area contributed by atoms with Crippen molar-refractivity contribution in [2.24, 2.45) is 4.99 Å². The third-order valence-electron chi connectivity index (χ3n) is 3.49. The Bertz CT molecular complexity index is 744. The van der Waals surface area contributed by atoms with Crippen LogP contribution in [0.5, 0.6) is 0 Å². The average Bonchev–Trinajstić information content (AvgIpc) is 2.95. The van der Waals surface area contributed by atoms with Gasteiger partial charge in [-0.15, -0.1) is 0 Å². The van der Waals surface area contributed by atoms with E-state index in [-0.39, 0.29) is 12.5 Å². The first-order chi connectivity index (χ1) is 10.3. The SMILES string of the molecule is O=C1Nc2ncccc2NC12COC(c1ccccc1)=N2. The number of amides is 1. The first-order valence-electron chi connectivity index (χ1n) is 6.60. The summed E-state index contributed by atoms with van der Waals surface area (Å²) in [7, 11) is 0. The zero-order chi connectivity index (χ0) is 14.3. The molecule has 0 saturated carbocycles. The highest BCUT2D eigenvalue weighted by Gasteiger charge is 2.47. The third-order valence-corrected chi connectivity index (χ3v) is 3.49. The predicted molar refractivity (Wildman–Crippen MR) is 78.2 cm³/mol. The second-order valence-corrected chi connectivity index (χ2v) is 4.91. The second-order valence-electron chi connectivity index (χ2n) is 4.91. The van der Waals surface area contributed by atoms with Crippen LogP contribution < -0.4 is 10.6 Å². The summed E-state index contributed by atoms with van der Waals surface area (Å²) in [6.45, 7) is 0.150. The Kier molecular flexibility index (Phi) is 2.44. The fourth-order valence-electron chi connectivity index (χ4n) is 2.42. The van der Waals surface area contributed by atoms with E-state index in [1.807, 2.05) is 36.4 Å². The van der Waals surface area contributed by atoms with Crippen molar-refractivity contribution in [3.8, 4) is 0 Å². The number of pyridine rings is 1. The zero-order valence-corrected chi connectivity index (χ0v) is 11.0. The van der Waals surface area contributed by atoms with Gasteiger partial charge < -0.3 is 15.4 Å². The smallest absolute Gasteiger partial charge is 0.277 e. The number of hydrogen-bond donors (Lipinski definition) is 2. The van der Waals surface area contributed by atoms with Crippen LogP contribution in [0, 0.1) is 0 Å². The van der Waals surface area contributed by atoms with Crippen molar-refractivity contribution >= 4 is 23.3 Å². The summed E-state index contributed by atoms with van der Waals surface area (Å²) in [4.78, 5) is 20.9. The van der Waals surface area contributed by atoms with Gasteiger partial charge >= 0.3 is 0 Å². The Morgan fingerprint density at radius 3 is 2.86 bits per heavy atom. The summed E-state index contributed by atoms with van der Waals surface area (Å²) in [5.41, 5.74) is 0.459. The molecule has 1 aromatic heterocycles. The first kappa shape index (κ1) is 11.9. The van der Waals surface area contributed by atoms with E-state index >= 15 is 0 Å². The van der Waals surface area contributed by atoms with Crippen molar-refractivity contribution in [3.63, 3.8) is 0 Å². The highest BCUT2D eigenvalue weighted by Crippen LogP contribution is 2.32. The maximum atomic E-state index is 12.4.